The van der Waals surface area contributed by atoms with E-state index < -0.39 is 47.9 Å². The minimum atomic E-state index is -1.20. The maximum Gasteiger partial charge on any atom is 0.326 e. The van der Waals surface area contributed by atoms with Crippen LogP contribution >= 0.6 is 0 Å². The van der Waals surface area contributed by atoms with E-state index >= 15 is 0 Å². The average molecular weight is 636 g/mol. The first kappa shape index (κ1) is 35.5. The zero-order valence-electron chi connectivity index (χ0n) is 25.8. The Bertz CT molecular complexity index is 1460. The molecule has 2 aromatic carbocycles. The number of hydrogen-bond acceptors (Lipinski definition) is 7. The Labute approximate surface area is 267 Å². The van der Waals surface area contributed by atoms with Crippen molar-refractivity contribution in [3.63, 3.8) is 0 Å². The number of carbonyl (C=O) groups is 4. The molecule has 0 fully saturated rings. The highest BCUT2D eigenvalue weighted by atomic mass is 16.4. The van der Waals surface area contributed by atoms with Gasteiger partial charge in [0.15, 0.2) is 5.96 Å². The number of benzene rings is 2. The first-order valence-electron chi connectivity index (χ1n) is 15.4. The molecule has 248 valence electrons. The van der Waals surface area contributed by atoms with E-state index in [1.54, 1.807) is 6.20 Å². The number of aromatic nitrogens is 1. The number of amides is 3. The van der Waals surface area contributed by atoms with Crippen molar-refractivity contribution in [1.29, 1.82) is 5.41 Å². The molecule has 1 heterocycles. The van der Waals surface area contributed by atoms with Crippen molar-refractivity contribution in [2.24, 2.45) is 17.2 Å². The third-order valence-electron chi connectivity index (χ3n) is 7.55. The van der Waals surface area contributed by atoms with E-state index in [0.717, 1.165) is 22.0 Å². The van der Waals surface area contributed by atoms with Gasteiger partial charge in [-0.1, -0.05) is 48.5 Å². The van der Waals surface area contributed by atoms with Crippen molar-refractivity contribution in [3.05, 3.63) is 71.9 Å². The van der Waals surface area contributed by atoms with E-state index in [1.807, 2.05) is 54.6 Å². The van der Waals surface area contributed by atoms with Crippen LogP contribution in [0.3, 0.4) is 0 Å². The predicted octanol–water partition coefficient (Wildman–Crippen LogP) is 0.212. The Morgan fingerprint density at radius 1 is 0.804 bits per heavy atom. The number of carboxylic acids is 1. The molecular formula is C32H45N9O5. The minimum absolute atomic E-state index is 0.0524. The SMILES string of the molecule is N=C(N)NCCC[C@H](NC(=O)[C@H](N)Cc1ccccc1)C(=O)N[C@@H](Cc1c[nH]c2ccccc12)C(=O)N[C@@H](CCCCN)C(=O)O. The molecule has 0 aliphatic heterocycles. The van der Waals surface area contributed by atoms with Gasteiger partial charge in [0.25, 0.3) is 0 Å². The fourth-order valence-corrected chi connectivity index (χ4v) is 5.06. The molecule has 14 nitrogen and oxygen atoms in total. The number of aliphatic carboxylic acids is 1. The molecule has 0 unspecified atom stereocenters. The number of nitrogens with two attached hydrogens (primary N) is 3. The van der Waals surface area contributed by atoms with E-state index in [4.69, 9.17) is 22.6 Å². The number of nitrogens with one attached hydrogen (secondary N) is 6. The Hall–Kier alpha value is -4.95. The van der Waals surface area contributed by atoms with E-state index in [2.05, 4.69) is 26.3 Å². The molecular weight excluding hydrogens is 590 g/mol. The van der Waals surface area contributed by atoms with Crippen molar-refractivity contribution in [2.45, 2.75) is 69.1 Å². The molecule has 46 heavy (non-hydrogen) atoms. The standard InChI is InChI=1S/C32H45N9O5/c33-15-7-6-13-26(31(45)46)40-30(44)27(18-21-19-38-24-12-5-4-11-22(21)24)41-29(43)25(14-8-16-37-32(35)36)39-28(42)23(34)17-20-9-2-1-3-10-20/h1-5,9-12,19,23,25-27,38H,6-8,13-18,33-34H2,(H,39,42)(H,40,44)(H,41,43)(H,45,46)(H4,35,36,37)/t23-,25+,26+,27+/m1/s1. The van der Waals surface area contributed by atoms with Gasteiger partial charge in [-0.05, 0) is 62.3 Å². The van der Waals surface area contributed by atoms with Gasteiger partial charge in [-0.25, -0.2) is 4.79 Å². The number of fused-ring (bicyclic) bond motifs is 1. The van der Waals surface area contributed by atoms with Crippen LogP contribution in [0, 0.1) is 5.41 Å². The second-order valence-electron chi connectivity index (χ2n) is 11.1. The number of para-hydroxylation sites is 1. The van der Waals surface area contributed by atoms with E-state index in [0.29, 0.717) is 25.8 Å². The van der Waals surface area contributed by atoms with Gasteiger partial charge < -0.3 is 48.6 Å². The number of unbranched alkanes of at least 4 members (excludes halogenated alkanes) is 1. The summed E-state index contributed by atoms with van der Waals surface area (Å²) in [6.45, 7) is 0.664. The van der Waals surface area contributed by atoms with Crippen LogP contribution in [0.2, 0.25) is 0 Å². The number of carbonyl (C=O) groups excluding carboxylic acids is 3. The smallest absolute Gasteiger partial charge is 0.326 e. The zero-order valence-corrected chi connectivity index (χ0v) is 25.8. The van der Waals surface area contributed by atoms with Gasteiger partial charge in [-0.3, -0.25) is 19.8 Å². The lowest BCUT2D eigenvalue weighted by Crippen LogP contribution is -2.57. The highest BCUT2D eigenvalue weighted by molar-refractivity contribution is 5.95. The molecule has 13 N–H and O–H groups in total. The average Bonchev–Trinajstić information content (AvgIpc) is 3.44. The highest BCUT2D eigenvalue weighted by Crippen LogP contribution is 2.19. The number of guanidine groups is 1. The molecule has 1 aromatic heterocycles. The Morgan fingerprint density at radius 3 is 2.13 bits per heavy atom. The van der Waals surface area contributed by atoms with Crippen LogP contribution in [0.1, 0.15) is 43.2 Å². The molecule has 4 atom stereocenters. The number of hydrogen-bond donors (Lipinski definition) is 10. The van der Waals surface area contributed by atoms with Gasteiger partial charge in [-0.2, -0.15) is 0 Å². The lowest BCUT2D eigenvalue weighted by atomic mass is 10.0. The summed E-state index contributed by atoms with van der Waals surface area (Å²) in [6.07, 6.45) is 3.81. The monoisotopic (exact) mass is 635 g/mol. The quantitative estimate of drug-likeness (QED) is 0.0490. The van der Waals surface area contributed by atoms with E-state index in [9.17, 15) is 24.3 Å². The van der Waals surface area contributed by atoms with Crippen molar-refractivity contribution < 1.29 is 24.3 Å². The van der Waals surface area contributed by atoms with Gasteiger partial charge in [0.2, 0.25) is 17.7 Å². The molecule has 14 heteroatoms. The largest absolute Gasteiger partial charge is 0.480 e. The van der Waals surface area contributed by atoms with Crippen LogP contribution in [-0.4, -0.2) is 77.0 Å². The highest BCUT2D eigenvalue weighted by Gasteiger charge is 2.31. The molecule has 3 amide bonds. The second kappa shape index (κ2) is 18.1. The second-order valence-corrected chi connectivity index (χ2v) is 11.1. The lowest BCUT2D eigenvalue weighted by Gasteiger charge is -2.25. The molecule has 0 radical (unpaired) electrons. The van der Waals surface area contributed by atoms with Crippen LogP contribution < -0.4 is 38.5 Å². The number of carboxylic acid groups (broad SMARTS) is 1. The van der Waals surface area contributed by atoms with Gasteiger partial charge in [0.1, 0.15) is 18.1 Å². The van der Waals surface area contributed by atoms with Gasteiger partial charge >= 0.3 is 5.97 Å². The lowest BCUT2D eigenvalue weighted by molar-refractivity contribution is -0.142. The van der Waals surface area contributed by atoms with Crippen molar-refractivity contribution in [3.8, 4) is 0 Å². The number of H-pyrrole nitrogens is 1. The van der Waals surface area contributed by atoms with Crippen molar-refractivity contribution >= 4 is 40.6 Å². The molecule has 0 bridgehead atoms. The van der Waals surface area contributed by atoms with Gasteiger partial charge in [0.05, 0.1) is 6.04 Å². The maximum atomic E-state index is 13.8. The normalized spacial score (nSPS) is 13.6. The molecule has 3 aromatic rings. The zero-order chi connectivity index (χ0) is 33.5. The number of rotatable bonds is 19. The van der Waals surface area contributed by atoms with Crippen molar-refractivity contribution in [2.75, 3.05) is 13.1 Å². The molecule has 3 rings (SSSR count). The van der Waals surface area contributed by atoms with Gasteiger partial charge in [0, 0.05) is 30.1 Å². The minimum Gasteiger partial charge on any atom is -0.480 e. The van der Waals surface area contributed by atoms with Crippen molar-refractivity contribution in [1.82, 2.24) is 26.3 Å². The summed E-state index contributed by atoms with van der Waals surface area (Å²) in [7, 11) is 0. The number of aromatic amines is 1. The van der Waals surface area contributed by atoms with Crippen LogP contribution in [-0.2, 0) is 32.0 Å². The first-order chi connectivity index (χ1) is 22.1. The van der Waals surface area contributed by atoms with E-state index in [-0.39, 0.29) is 38.2 Å². The Balaban J connectivity index is 1.82. The molecule has 0 saturated carbocycles. The fourth-order valence-electron chi connectivity index (χ4n) is 5.06. The summed E-state index contributed by atoms with van der Waals surface area (Å²) in [4.78, 5) is 55.6. The third kappa shape index (κ3) is 11.2. The predicted molar refractivity (Wildman–Crippen MR) is 176 cm³/mol. The Morgan fingerprint density at radius 2 is 1.43 bits per heavy atom. The summed E-state index contributed by atoms with van der Waals surface area (Å²) < 4.78 is 0. The van der Waals surface area contributed by atoms with E-state index in [1.165, 1.54) is 0 Å². The Kier molecular flexibility index (Phi) is 14.0. The summed E-state index contributed by atoms with van der Waals surface area (Å²) in [5, 5.41) is 28.7. The van der Waals surface area contributed by atoms with Crippen LogP contribution in [0.25, 0.3) is 10.9 Å². The molecule has 0 aliphatic carbocycles. The summed E-state index contributed by atoms with van der Waals surface area (Å²) in [6, 6.07) is 12.3. The summed E-state index contributed by atoms with van der Waals surface area (Å²) in [5.41, 5.74) is 19.5. The van der Waals surface area contributed by atoms with Crippen LogP contribution in [0.5, 0.6) is 0 Å². The summed E-state index contributed by atoms with van der Waals surface area (Å²) in [5.74, 6) is -3.30. The van der Waals surface area contributed by atoms with Gasteiger partial charge in [-0.15, -0.1) is 0 Å². The third-order valence-corrected chi connectivity index (χ3v) is 7.55. The fraction of sp³-hybridized carbons (Fsp3) is 0.406. The maximum absolute atomic E-state index is 13.8. The topological polar surface area (TPSA) is 254 Å². The first-order valence-corrected chi connectivity index (χ1v) is 15.4. The van der Waals surface area contributed by atoms with Crippen LogP contribution in [0.4, 0.5) is 0 Å². The molecule has 0 spiro atoms. The van der Waals surface area contributed by atoms with Crippen LogP contribution in [0.15, 0.2) is 60.8 Å². The molecule has 0 saturated heterocycles. The molecule has 0 aliphatic rings. The summed E-state index contributed by atoms with van der Waals surface area (Å²) >= 11 is 0.